The summed E-state index contributed by atoms with van der Waals surface area (Å²) in [5, 5.41) is 5.70. The largest absolute Gasteiger partial charge is 0.494 e. The zero-order valence-electron chi connectivity index (χ0n) is 55.6. The van der Waals surface area contributed by atoms with Crippen molar-refractivity contribution in [3.8, 4) is 34.5 Å². The lowest BCUT2D eigenvalue weighted by atomic mass is 9.65. The van der Waals surface area contributed by atoms with Crippen molar-refractivity contribution in [3.05, 3.63) is 324 Å². The van der Waals surface area contributed by atoms with Gasteiger partial charge in [0.05, 0.1) is 76.9 Å². The van der Waals surface area contributed by atoms with Crippen LogP contribution in [0.5, 0.6) is 34.5 Å². The van der Waals surface area contributed by atoms with Crippen LogP contribution in [0.4, 0.5) is 0 Å². The molecule has 0 saturated carbocycles. The Balaban J connectivity index is 0.493. The summed E-state index contributed by atoms with van der Waals surface area (Å²) in [5.74, 6) is 4.12. The van der Waals surface area contributed by atoms with E-state index in [0.717, 1.165) is 22.6 Å². The lowest BCUT2D eigenvalue weighted by Gasteiger charge is -2.36. The maximum absolute atomic E-state index is 12.4. The maximum Gasteiger partial charge on any atom is 0.220 e. The summed E-state index contributed by atoms with van der Waals surface area (Å²) in [4.78, 5) is 24.8. The van der Waals surface area contributed by atoms with Crippen LogP contribution in [0.1, 0.15) is 70.2 Å². The molecule has 0 aliphatic carbocycles. The van der Waals surface area contributed by atoms with Crippen molar-refractivity contribution in [2.75, 3.05) is 106 Å². The van der Waals surface area contributed by atoms with Gasteiger partial charge in [-0.3, -0.25) is 9.59 Å². The van der Waals surface area contributed by atoms with E-state index >= 15 is 0 Å². The van der Waals surface area contributed by atoms with Crippen LogP contribution in [0, 0.1) is 0 Å². The molecule has 0 fully saturated rings. The maximum atomic E-state index is 12.4. The Morgan fingerprint density at radius 2 is 0.408 bits per heavy atom. The highest BCUT2D eigenvalue weighted by atomic mass is 16.6. The van der Waals surface area contributed by atoms with Crippen LogP contribution in [-0.2, 0) is 39.4 Å². The summed E-state index contributed by atoms with van der Waals surface area (Å²) in [7, 11) is 0. The number of benzene rings is 10. The first-order valence-corrected chi connectivity index (χ1v) is 33.8. The number of carbonyl (C=O) groups is 2. The van der Waals surface area contributed by atoms with Crippen molar-refractivity contribution in [1.29, 1.82) is 0 Å². The Kier molecular flexibility index (Phi) is 28.2. The van der Waals surface area contributed by atoms with Crippen LogP contribution in [0.15, 0.2) is 279 Å². The molecular weight excluding hydrogens is 1230 g/mol. The Bertz CT molecular complexity index is 3390. The van der Waals surface area contributed by atoms with Gasteiger partial charge in [0, 0.05) is 25.9 Å². The molecule has 0 unspecified atom stereocenters. The molecule has 0 spiro atoms. The molecule has 0 heterocycles. The molecule has 2 amide bonds. The average Bonchev–Trinajstić information content (AvgIpc) is 0.746. The molecule has 98 heavy (non-hydrogen) atoms. The Morgan fingerprint density at radius 3 is 0.633 bits per heavy atom. The molecule has 0 aromatic heterocycles. The van der Waals surface area contributed by atoms with E-state index in [-0.39, 0.29) is 11.8 Å². The minimum atomic E-state index is -0.506. The first-order valence-electron chi connectivity index (χ1n) is 33.8. The van der Waals surface area contributed by atoms with E-state index in [4.69, 9.17) is 47.4 Å². The van der Waals surface area contributed by atoms with Gasteiger partial charge in [0.2, 0.25) is 11.8 Å². The Hall–Kier alpha value is -10.2. The molecule has 2 N–H and O–H groups in total. The van der Waals surface area contributed by atoms with Crippen LogP contribution in [-0.4, -0.2) is 117 Å². The molecule has 0 saturated heterocycles. The molecular formula is C84H88N2O12. The summed E-state index contributed by atoms with van der Waals surface area (Å²) in [6, 6.07) is 95.4. The third kappa shape index (κ3) is 20.7. The molecule has 0 bridgehead atoms. The van der Waals surface area contributed by atoms with E-state index in [1.165, 1.54) is 33.4 Å². The molecule has 10 aromatic carbocycles. The first kappa shape index (κ1) is 70.6. The normalized spacial score (nSPS) is 11.3. The van der Waals surface area contributed by atoms with Gasteiger partial charge in [0.15, 0.2) is 0 Å². The minimum Gasteiger partial charge on any atom is -0.494 e. The number of rotatable bonds is 43. The highest BCUT2D eigenvalue weighted by molar-refractivity contribution is 5.77. The predicted molar refractivity (Wildman–Crippen MR) is 383 cm³/mol. The monoisotopic (exact) mass is 1320 g/mol. The number of nitrogens with one attached hydrogen (secondary N) is 2. The predicted octanol–water partition coefficient (Wildman–Crippen LogP) is 14.7. The van der Waals surface area contributed by atoms with Gasteiger partial charge < -0.3 is 58.0 Å². The van der Waals surface area contributed by atoms with Gasteiger partial charge in [-0.15, -0.1) is 0 Å². The number of amides is 2. The molecule has 0 atom stereocenters. The van der Waals surface area contributed by atoms with Gasteiger partial charge in [-0.25, -0.2) is 0 Å². The average molecular weight is 1320 g/mol. The fraction of sp³-hybridized carbons (Fsp3) is 0.262. The van der Waals surface area contributed by atoms with E-state index in [1.807, 2.05) is 72.8 Å². The topological polar surface area (TPSA) is 150 Å². The van der Waals surface area contributed by atoms with Gasteiger partial charge >= 0.3 is 0 Å². The van der Waals surface area contributed by atoms with Crippen molar-refractivity contribution in [2.45, 2.75) is 36.5 Å². The van der Waals surface area contributed by atoms with Gasteiger partial charge in [-0.05, 0) is 130 Å². The molecule has 0 aliphatic heterocycles. The second-order valence-electron chi connectivity index (χ2n) is 23.1. The second-order valence-corrected chi connectivity index (χ2v) is 23.1. The summed E-state index contributed by atoms with van der Waals surface area (Å²) < 4.78 is 58.5. The molecule has 14 nitrogen and oxygen atoms in total. The smallest absolute Gasteiger partial charge is 0.220 e. The quantitative estimate of drug-likeness (QED) is 0.0277. The van der Waals surface area contributed by atoms with E-state index in [0.29, 0.717) is 154 Å². The molecule has 0 radical (unpaired) electrons. The summed E-state index contributed by atoms with van der Waals surface area (Å²) in [6.45, 7) is 6.51. The molecule has 0 aliphatic rings. The van der Waals surface area contributed by atoms with Crippen LogP contribution in [0.25, 0.3) is 0 Å². The van der Waals surface area contributed by atoms with Gasteiger partial charge in [0.1, 0.15) is 60.9 Å². The molecule has 506 valence electrons. The lowest BCUT2D eigenvalue weighted by molar-refractivity contribution is -0.123. The first-order chi connectivity index (χ1) is 48.5. The van der Waals surface area contributed by atoms with Crippen molar-refractivity contribution < 1.29 is 57.0 Å². The molecule has 14 heteroatoms. The minimum absolute atomic E-state index is 0.104. The molecule has 10 aromatic rings. The fourth-order valence-electron chi connectivity index (χ4n) is 11.9. The third-order valence-electron chi connectivity index (χ3n) is 16.6. The number of ether oxygens (including phenoxy) is 10. The highest BCUT2D eigenvalue weighted by Crippen LogP contribution is 2.47. The van der Waals surface area contributed by atoms with E-state index in [9.17, 15) is 9.59 Å². The second kappa shape index (κ2) is 39.1. The molecule has 10 rings (SSSR count). The Labute approximate surface area is 576 Å². The van der Waals surface area contributed by atoms with Crippen molar-refractivity contribution in [1.82, 2.24) is 10.6 Å². The van der Waals surface area contributed by atoms with Crippen molar-refractivity contribution in [3.63, 3.8) is 0 Å². The van der Waals surface area contributed by atoms with Gasteiger partial charge in [0.25, 0.3) is 0 Å². The van der Waals surface area contributed by atoms with Crippen LogP contribution in [0.3, 0.4) is 0 Å². The zero-order chi connectivity index (χ0) is 67.4. The summed E-state index contributed by atoms with van der Waals surface area (Å²) in [6.07, 6.45) is 1.70. The van der Waals surface area contributed by atoms with E-state index in [2.05, 4.69) is 217 Å². The van der Waals surface area contributed by atoms with E-state index in [1.54, 1.807) is 0 Å². The Morgan fingerprint density at radius 1 is 0.224 bits per heavy atom. The van der Waals surface area contributed by atoms with Crippen molar-refractivity contribution >= 4 is 11.8 Å². The zero-order valence-corrected chi connectivity index (χ0v) is 55.6. The van der Waals surface area contributed by atoms with Crippen molar-refractivity contribution in [2.24, 2.45) is 0 Å². The van der Waals surface area contributed by atoms with Gasteiger partial charge in [-0.2, -0.15) is 0 Å². The lowest BCUT2D eigenvalue weighted by Crippen LogP contribution is -2.34. The summed E-state index contributed by atoms with van der Waals surface area (Å²) >= 11 is 0. The number of hydrogen-bond donors (Lipinski definition) is 2. The van der Waals surface area contributed by atoms with E-state index < -0.39 is 10.8 Å². The van der Waals surface area contributed by atoms with Gasteiger partial charge in [-0.1, -0.05) is 206 Å². The number of hydrogen-bond acceptors (Lipinski definition) is 12. The fourth-order valence-corrected chi connectivity index (χ4v) is 11.9. The number of carbonyl (C=O) groups excluding carboxylic acids is 2. The summed E-state index contributed by atoms with van der Waals surface area (Å²) in [5.41, 5.74) is 8.43. The van der Waals surface area contributed by atoms with Crippen LogP contribution in [0.2, 0.25) is 0 Å². The standard InChI is InChI=1S/C84H88N2O12/c87-81(33-19-53-93-77-43-47-79(48-44-77)97-65-61-91-57-55-89-59-63-95-75-39-35-73(36-40-75)83(67-21-7-1-8-22-67,68-23-9-2-10-24-68)69-25-11-3-12-26-69)85-51-52-86-82(88)34-20-54-94-78-45-49-80(50-46-78)98-66-62-92-58-56-90-60-64-96-76-41-37-74(38-42-76)84(70-27-13-4-14-28-70,71-29-15-5-16-30-71)72-31-17-6-18-32-72/h1-18,21-32,35-50H,19-20,33-34,51-66H2,(H,85,87)(H,86,88). The SMILES string of the molecule is O=C(CCCOc1ccc(OCCOCCOCCOc2ccc(C(c3ccccc3)(c3ccccc3)c3ccccc3)cc2)cc1)NCCNC(=O)CCCOc1ccc(OCCOCCOCCOc2ccc(C(c3ccccc3)(c3ccccc3)c3ccccc3)cc2)cc1. The highest BCUT2D eigenvalue weighted by Gasteiger charge is 2.39. The van der Waals surface area contributed by atoms with Crippen LogP contribution < -0.4 is 39.1 Å². The third-order valence-corrected chi connectivity index (χ3v) is 16.6. The van der Waals surface area contributed by atoms with Crippen LogP contribution >= 0.6 is 0 Å².